The lowest BCUT2D eigenvalue weighted by Gasteiger charge is -2.09. The topological polar surface area (TPSA) is 9.23 Å². The number of unbranched alkanes of at least 4 members (excludes halogenated alkanes) is 3. The molecule has 0 amide bonds. The number of allylic oxidation sites excluding steroid dienone is 9. The summed E-state index contributed by atoms with van der Waals surface area (Å²) in [6, 6.07) is 0. The third kappa shape index (κ3) is 17.4. The number of hydrogen-bond acceptors (Lipinski definition) is 1. The molecule has 0 saturated heterocycles. The Morgan fingerprint density at radius 1 is 0.750 bits per heavy atom. The van der Waals surface area contributed by atoms with Crippen molar-refractivity contribution >= 4 is 9.47 Å². The molecule has 0 spiro atoms. The fourth-order valence-corrected chi connectivity index (χ4v) is 2.44. The maximum Gasteiger partial charge on any atom is 0.0794 e. The summed E-state index contributed by atoms with van der Waals surface area (Å²) in [5, 5.41) is 0. The minimum absolute atomic E-state index is 0.221. The molecule has 0 N–H and O–H groups in total. The fourth-order valence-electron chi connectivity index (χ4n) is 2.21. The van der Waals surface area contributed by atoms with E-state index in [4.69, 9.17) is 4.52 Å². The highest BCUT2D eigenvalue weighted by molar-refractivity contribution is 7.09. The van der Waals surface area contributed by atoms with Gasteiger partial charge in [-0.05, 0) is 32.1 Å². The van der Waals surface area contributed by atoms with Gasteiger partial charge in [-0.15, -0.1) is 0 Å². The Balaban J connectivity index is 3.74. The van der Waals surface area contributed by atoms with E-state index in [0.29, 0.717) is 0 Å². The molecular formula is C22H37OP. The molecular weight excluding hydrogens is 311 g/mol. The second kappa shape index (κ2) is 20.1. The van der Waals surface area contributed by atoms with Crippen LogP contribution in [0.2, 0.25) is 0 Å². The van der Waals surface area contributed by atoms with Crippen molar-refractivity contribution in [2.24, 2.45) is 0 Å². The van der Waals surface area contributed by atoms with E-state index in [1.165, 1.54) is 25.7 Å². The smallest absolute Gasteiger partial charge is 0.0794 e. The van der Waals surface area contributed by atoms with Crippen LogP contribution < -0.4 is 0 Å². The van der Waals surface area contributed by atoms with Crippen molar-refractivity contribution in [1.29, 1.82) is 0 Å². The molecule has 2 unspecified atom stereocenters. The van der Waals surface area contributed by atoms with Crippen LogP contribution in [0.15, 0.2) is 60.8 Å². The first-order valence-electron chi connectivity index (χ1n) is 9.48. The van der Waals surface area contributed by atoms with Crippen LogP contribution in [0.1, 0.15) is 71.6 Å². The first-order chi connectivity index (χ1) is 11.8. The van der Waals surface area contributed by atoms with E-state index >= 15 is 0 Å². The summed E-state index contributed by atoms with van der Waals surface area (Å²) >= 11 is 0. The van der Waals surface area contributed by atoms with Crippen molar-refractivity contribution in [3.63, 3.8) is 0 Å². The second-order valence-corrected chi connectivity index (χ2v) is 6.14. The zero-order chi connectivity index (χ0) is 17.7. The maximum absolute atomic E-state index is 5.41. The van der Waals surface area contributed by atoms with E-state index < -0.39 is 0 Å². The lowest BCUT2D eigenvalue weighted by Crippen LogP contribution is -2.02. The van der Waals surface area contributed by atoms with Gasteiger partial charge in [-0.3, -0.25) is 0 Å². The summed E-state index contributed by atoms with van der Waals surface area (Å²) < 4.78 is 5.41. The quantitative estimate of drug-likeness (QED) is 0.129. The summed E-state index contributed by atoms with van der Waals surface area (Å²) in [6.07, 6.45) is 32.5. The predicted octanol–water partition coefficient (Wildman–Crippen LogP) is 7.49. The fraction of sp³-hybridized carbons (Fsp3) is 0.545. The lowest BCUT2D eigenvalue weighted by molar-refractivity contribution is 0.274. The van der Waals surface area contributed by atoms with E-state index in [9.17, 15) is 0 Å². The van der Waals surface area contributed by atoms with E-state index in [0.717, 1.165) is 32.1 Å². The molecule has 24 heavy (non-hydrogen) atoms. The Morgan fingerprint density at radius 2 is 1.38 bits per heavy atom. The van der Waals surface area contributed by atoms with Gasteiger partial charge in [0.1, 0.15) is 0 Å². The van der Waals surface area contributed by atoms with Gasteiger partial charge in [0.25, 0.3) is 0 Å². The van der Waals surface area contributed by atoms with Crippen LogP contribution in [0, 0.1) is 0 Å². The van der Waals surface area contributed by atoms with Gasteiger partial charge in [-0.2, -0.15) is 0 Å². The number of rotatable bonds is 15. The maximum atomic E-state index is 5.41. The monoisotopic (exact) mass is 348 g/mol. The molecule has 0 heterocycles. The van der Waals surface area contributed by atoms with Crippen LogP contribution in [0.5, 0.6) is 0 Å². The molecule has 0 bridgehead atoms. The third-order valence-corrected chi connectivity index (χ3v) is 3.99. The average molecular weight is 349 g/mol. The molecule has 0 saturated carbocycles. The minimum Gasteiger partial charge on any atom is -0.358 e. The SMILES string of the molecule is CCC=CCC=CCC=CCC=CC=CC(CCCCCC)OP. The molecule has 0 aromatic heterocycles. The zero-order valence-electron chi connectivity index (χ0n) is 15.7. The molecule has 0 aliphatic heterocycles. The van der Waals surface area contributed by atoms with Crippen LogP contribution in [0.3, 0.4) is 0 Å². The Kier molecular flexibility index (Phi) is 19.4. The van der Waals surface area contributed by atoms with Crippen molar-refractivity contribution in [1.82, 2.24) is 0 Å². The van der Waals surface area contributed by atoms with Crippen LogP contribution in [0.25, 0.3) is 0 Å². The molecule has 0 radical (unpaired) electrons. The van der Waals surface area contributed by atoms with Crippen molar-refractivity contribution < 1.29 is 4.52 Å². The highest BCUT2D eigenvalue weighted by atomic mass is 31.0. The van der Waals surface area contributed by atoms with Gasteiger partial charge in [0.15, 0.2) is 0 Å². The number of hydrogen-bond donors (Lipinski definition) is 0. The first-order valence-corrected chi connectivity index (χ1v) is 9.96. The summed E-state index contributed by atoms with van der Waals surface area (Å²) in [5.41, 5.74) is 0. The van der Waals surface area contributed by atoms with Crippen molar-refractivity contribution in [3.05, 3.63) is 60.8 Å². The van der Waals surface area contributed by atoms with Gasteiger partial charge in [0, 0.05) is 9.47 Å². The van der Waals surface area contributed by atoms with Gasteiger partial charge >= 0.3 is 0 Å². The molecule has 0 aliphatic rings. The Morgan fingerprint density at radius 3 is 1.96 bits per heavy atom. The van der Waals surface area contributed by atoms with Gasteiger partial charge in [-0.25, -0.2) is 0 Å². The summed E-state index contributed by atoms with van der Waals surface area (Å²) in [7, 11) is 2.39. The van der Waals surface area contributed by atoms with Crippen LogP contribution in [-0.4, -0.2) is 6.10 Å². The summed E-state index contributed by atoms with van der Waals surface area (Å²) in [4.78, 5) is 0. The molecule has 0 aromatic rings. The predicted molar refractivity (Wildman–Crippen MR) is 113 cm³/mol. The lowest BCUT2D eigenvalue weighted by atomic mass is 10.1. The van der Waals surface area contributed by atoms with Gasteiger partial charge in [0.2, 0.25) is 0 Å². The van der Waals surface area contributed by atoms with E-state index in [-0.39, 0.29) is 6.10 Å². The standard InChI is InChI=1S/C22H37OP/c1-3-5-7-9-10-11-12-13-14-15-16-17-19-21-22(23-24)20-18-8-6-4-2/h5,7,10-11,13-14,16-17,19,21-22H,3-4,6,8-9,12,15,18,20,24H2,1-2H3. The normalized spacial score (nSPS) is 14.3. The molecule has 2 atom stereocenters. The molecule has 0 rings (SSSR count). The molecule has 2 heteroatoms. The molecule has 0 aliphatic carbocycles. The molecule has 136 valence electrons. The van der Waals surface area contributed by atoms with Gasteiger partial charge in [0.05, 0.1) is 6.10 Å². The minimum atomic E-state index is 0.221. The van der Waals surface area contributed by atoms with E-state index in [1.54, 1.807) is 0 Å². The van der Waals surface area contributed by atoms with Crippen LogP contribution >= 0.6 is 9.47 Å². The molecule has 1 nitrogen and oxygen atoms in total. The summed E-state index contributed by atoms with van der Waals surface area (Å²) in [5.74, 6) is 0. The average Bonchev–Trinajstić information content (AvgIpc) is 2.60. The highest BCUT2D eigenvalue weighted by Crippen LogP contribution is 2.11. The zero-order valence-corrected chi connectivity index (χ0v) is 16.9. The Bertz CT molecular complexity index is 391. The van der Waals surface area contributed by atoms with E-state index in [1.807, 2.05) is 0 Å². The highest BCUT2D eigenvalue weighted by Gasteiger charge is 2.01. The first kappa shape index (κ1) is 23.1. The Hall–Kier alpha value is -0.910. The second-order valence-electron chi connectivity index (χ2n) is 5.87. The Labute approximate surface area is 152 Å². The van der Waals surface area contributed by atoms with Crippen molar-refractivity contribution in [3.8, 4) is 0 Å². The van der Waals surface area contributed by atoms with Crippen molar-refractivity contribution in [2.45, 2.75) is 77.7 Å². The largest absolute Gasteiger partial charge is 0.358 e. The van der Waals surface area contributed by atoms with Gasteiger partial charge in [-0.1, -0.05) is 100 Å². The molecule has 0 fully saturated rings. The van der Waals surface area contributed by atoms with Crippen molar-refractivity contribution in [2.75, 3.05) is 0 Å². The van der Waals surface area contributed by atoms with Gasteiger partial charge < -0.3 is 4.52 Å². The van der Waals surface area contributed by atoms with E-state index in [2.05, 4.69) is 84.1 Å². The van der Waals surface area contributed by atoms with Crippen LogP contribution in [-0.2, 0) is 4.52 Å². The summed E-state index contributed by atoms with van der Waals surface area (Å²) in [6.45, 7) is 4.40. The molecule has 0 aromatic carbocycles. The van der Waals surface area contributed by atoms with Crippen LogP contribution in [0.4, 0.5) is 0 Å². The third-order valence-electron chi connectivity index (χ3n) is 3.64.